The molecule has 0 aromatic heterocycles. The van der Waals surface area contributed by atoms with Gasteiger partial charge in [0.05, 0.1) is 0 Å². The van der Waals surface area contributed by atoms with Gasteiger partial charge in [-0.15, -0.1) is 0 Å². The first-order chi connectivity index (χ1) is 8.42. The average molecular weight is 249 g/mol. The van der Waals surface area contributed by atoms with E-state index in [9.17, 15) is 4.39 Å². The van der Waals surface area contributed by atoms with Crippen molar-refractivity contribution in [2.75, 3.05) is 0 Å². The molecule has 0 aliphatic heterocycles. The van der Waals surface area contributed by atoms with Crippen LogP contribution >= 0.6 is 0 Å². The van der Waals surface area contributed by atoms with Crippen molar-refractivity contribution in [1.82, 2.24) is 0 Å². The third kappa shape index (κ3) is 2.59. The Morgan fingerprint density at radius 1 is 1.28 bits per heavy atom. The second-order valence-corrected chi connectivity index (χ2v) is 6.22. The molecule has 1 aliphatic carbocycles. The highest BCUT2D eigenvalue weighted by Gasteiger charge is 2.35. The number of halogens is 1. The number of nitrogens with two attached hydrogens (primary N) is 1. The Hall–Kier alpha value is -0.890. The van der Waals surface area contributed by atoms with E-state index in [-0.39, 0.29) is 5.82 Å². The van der Waals surface area contributed by atoms with Crippen LogP contribution in [0.15, 0.2) is 18.2 Å². The predicted molar refractivity (Wildman–Crippen MR) is 73.8 cm³/mol. The van der Waals surface area contributed by atoms with Gasteiger partial charge >= 0.3 is 0 Å². The van der Waals surface area contributed by atoms with Crippen LogP contribution in [0.5, 0.6) is 0 Å². The van der Waals surface area contributed by atoms with E-state index in [0.717, 1.165) is 37.2 Å². The van der Waals surface area contributed by atoms with Gasteiger partial charge in [-0.1, -0.05) is 31.5 Å². The maximum Gasteiger partial charge on any atom is 0.128 e. The van der Waals surface area contributed by atoms with Crippen LogP contribution in [0.4, 0.5) is 4.39 Å². The van der Waals surface area contributed by atoms with Crippen LogP contribution in [-0.2, 0) is 5.54 Å². The molecule has 0 amide bonds. The average Bonchev–Trinajstić information content (AvgIpc) is 2.32. The highest BCUT2D eigenvalue weighted by Crippen LogP contribution is 2.41. The standard InChI is InChI=1S/C16H24FN/c1-11(2)13-6-8-16(18,9-7-13)14-10-12(3)4-5-15(14)17/h4-5,10-11,13H,6-9,18H2,1-3H3. The van der Waals surface area contributed by atoms with Gasteiger partial charge < -0.3 is 5.73 Å². The molecule has 0 saturated heterocycles. The van der Waals surface area contributed by atoms with Crippen molar-refractivity contribution in [3.8, 4) is 0 Å². The number of rotatable bonds is 2. The smallest absolute Gasteiger partial charge is 0.128 e. The third-order valence-electron chi connectivity index (χ3n) is 4.52. The van der Waals surface area contributed by atoms with Crippen molar-refractivity contribution >= 4 is 0 Å². The quantitative estimate of drug-likeness (QED) is 0.837. The molecule has 1 saturated carbocycles. The molecular formula is C16H24FN. The van der Waals surface area contributed by atoms with Gasteiger partial charge in [0, 0.05) is 11.1 Å². The van der Waals surface area contributed by atoms with E-state index in [2.05, 4.69) is 13.8 Å². The second kappa shape index (κ2) is 5.00. The van der Waals surface area contributed by atoms with Crippen LogP contribution in [0.2, 0.25) is 0 Å². The highest BCUT2D eigenvalue weighted by atomic mass is 19.1. The Morgan fingerprint density at radius 2 is 1.89 bits per heavy atom. The first kappa shape index (κ1) is 13.5. The summed E-state index contributed by atoms with van der Waals surface area (Å²) >= 11 is 0. The van der Waals surface area contributed by atoms with Crippen LogP contribution in [0.25, 0.3) is 0 Å². The third-order valence-corrected chi connectivity index (χ3v) is 4.52. The topological polar surface area (TPSA) is 26.0 Å². The van der Waals surface area contributed by atoms with E-state index < -0.39 is 5.54 Å². The second-order valence-electron chi connectivity index (χ2n) is 6.22. The Morgan fingerprint density at radius 3 is 2.44 bits per heavy atom. The van der Waals surface area contributed by atoms with E-state index in [1.165, 1.54) is 0 Å². The molecule has 2 heteroatoms. The maximum absolute atomic E-state index is 14.0. The molecule has 0 unspecified atom stereocenters. The normalized spacial score (nSPS) is 28.7. The molecule has 0 spiro atoms. The molecule has 1 aliphatic rings. The molecule has 1 aromatic carbocycles. The van der Waals surface area contributed by atoms with E-state index in [1.54, 1.807) is 6.07 Å². The minimum atomic E-state index is -0.457. The minimum Gasteiger partial charge on any atom is -0.321 e. The van der Waals surface area contributed by atoms with Gasteiger partial charge in [-0.25, -0.2) is 4.39 Å². The monoisotopic (exact) mass is 249 g/mol. The Kier molecular flexibility index (Phi) is 3.76. The zero-order valence-corrected chi connectivity index (χ0v) is 11.7. The molecule has 0 atom stereocenters. The van der Waals surface area contributed by atoms with Crippen molar-refractivity contribution in [3.05, 3.63) is 35.1 Å². The fourth-order valence-corrected chi connectivity index (χ4v) is 3.11. The molecule has 2 rings (SSSR count). The van der Waals surface area contributed by atoms with Crippen LogP contribution in [0.1, 0.15) is 50.7 Å². The van der Waals surface area contributed by atoms with Crippen molar-refractivity contribution in [2.45, 2.75) is 52.0 Å². The lowest BCUT2D eigenvalue weighted by atomic mass is 9.70. The van der Waals surface area contributed by atoms with E-state index in [0.29, 0.717) is 11.5 Å². The number of benzene rings is 1. The molecule has 1 aromatic rings. The van der Waals surface area contributed by atoms with Gasteiger partial charge in [-0.05, 0) is 50.5 Å². The number of hydrogen-bond acceptors (Lipinski definition) is 1. The first-order valence-corrected chi connectivity index (χ1v) is 6.98. The van der Waals surface area contributed by atoms with Crippen LogP contribution in [0.3, 0.4) is 0 Å². The van der Waals surface area contributed by atoms with Crippen LogP contribution in [-0.4, -0.2) is 0 Å². The van der Waals surface area contributed by atoms with Gasteiger partial charge in [-0.2, -0.15) is 0 Å². The SMILES string of the molecule is Cc1ccc(F)c(C2(N)CCC(C(C)C)CC2)c1. The summed E-state index contributed by atoms with van der Waals surface area (Å²) in [6.45, 7) is 6.52. The van der Waals surface area contributed by atoms with Gasteiger partial charge in [0.25, 0.3) is 0 Å². The summed E-state index contributed by atoms with van der Waals surface area (Å²) in [4.78, 5) is 0. The van der Waals surface area contributed by atoms with E-state index in [4.69, 9.17) is 5.73 Å². The fraction of sp³-hybridized carbons (Fsp3) is 0.625. The number of aryl methyl sites for hydroxylation is 1. The van der Waals surface area contributed by atoms with Gasteiger partial charge in [-0.3, -0.25) is 0 Å². The number of hydrogen-bond donors (Lipinski definition) is 1. The summed E-state index contributed by atoms with van der Waals surface area (Å²) in [6, 6.07) is 5.28. The van der Waals surface area contributed by atoms with Crippen molar-refractivity contribution in [3.63, 3.8) is 0 Å². The summed E-state index contributed by atoms with van der Waals surface area (Å²) in [7, 11) is 0. The lowest BCUT2D eigenvalue weighted by Crippen LogP contribution is -2.42. The largest absolute Gasteiger partial charge is 0.321 e. The molecule has 1 fully saturated rings. The summed E-state index contributed by atoms with van der Waals surface area (Å²) in [5, 5.41) is 0. The lowest BCUT2D eigenvalue weighted by molar-refractivity contribution is 0.192. The van der Waals surface area contributed by atoms with E-state index >= 15 is 0 Å². The van der Waals surface area contributed by atoms with Crippen molar-refractivity contribution in [1.29, 1.82) is 0 Å². The molecule has 0 bridgehead atoms. The molecule has 2 N–H and O–H groups in total. The molecule has 18 heavy (non-hydrogen) atoms. The maximum atomic E-state index is 14.0. The Bertz CT molecular complexity index is 417. The van der Waals surface area contributed by atoms with Gasteiger partial charge in [0.1, 0.15) is 5.82 Å². The summed E-state index contributed by atoms with van der Waals surface area (Å²) in [5.41, 5.74) is 7.81. The molecular weight excluding hydrogens is 225 g/mol. The Balaban J connectivity index is 2.20. The van der Waals surface area contributed by atoms with E-state index in [1.807, 2.05) is 19.1 Å². The molecule has 1 nitrogen and oxygen atoms in total. The highest BCUT2D eigenvalue weighted by molar-refractivity contribution is 5.30. The zero-order valence-electron chi connectivity index (χ0n) is 11.7. The first-order valence-electron chi connectivity index (χ1n) is 6.98. The van der Waals surface area contributed by atoms with Gasteiger partial charge in [0.2, 0.25) is 0 Å². The predicted octanol–water partition coefficient (Wildman–Crippen LogP) is 4.13. The summed E-state index contributed by atoms with van der Waals surface area (Å²) in [6.07, 6.45) is 4.02. The lowest BCUT2D eigenvalue weighted by Gasteiger charge is -2.39. The molecule has 0 heterocycles. The fourth-order valence-electron chi connectivity index (χ4n) is 3.11. The van der Waals surface area contributed by atoms with Crippen molar-refractivity contribution < 1.29 is 4.39 Å². The van der Waals surface area contributed by atoms with Crippen LogP contribution < -0.4 is 5.73 Å². The molecule has 100 valence electrons. The van der Waals surface area contributed by atoms with Crippen molar-refractivity contribution in [2.24, 2.45) is 17.6 Å². The molecule has 0 radical (unpaired) electrons. The summed E-state index contributed by atoms with van der Waals surface area (Å²) < 4.78 is 14.0. The Labute approximate surface area is 110 Å². The zero-order chi connectivity index (χ0) is 13.3. The minimum absolute atomic E-state index is 0.147. The summed E-state index contributed by atoms with van der Waals surface area (Å²) in [5.74, 6) is 1.30. The van der Waals surface area contributed by atoms with Crippen LogP contribution in [0, 0.1) is 24.6 Å². The van der Waals surface area contributed by atoms with Gasteiger partial charge in [0.15, 0.2) is 0 Å².